The third kappa shape index (κ3) is 3.56. The van der Waals surface area contributed by atoms with Crippen molar-refractivity contribution in [3.8, 4) is 5.69 Å². The first-order valence-corrected chi connectivity index (χ1v) is 9.73. The summed E-state index contributed by atoms with van der Waals surface area (Å²) in [6, 6.07) is 17.8. The Morgan fingerprint density at radius 2 is 1.82 bits per heavy atom. The minimum absolute atomic E-state index is 0.237. The lowest BCUT2D eigenvalue weighted by Crippen LogP contribution is -2.13. The summed E-state index contributed by atoms with van der Waals surface area (Å²) < 4.78 is 6.99. The van der Waals surface area contributed by atoms with Gasteiger partial charge in [0.1, 0.15) is 9.71 Å². The highest BCUT2D eigenvalue weighted by Gasteiger charge is 2.19. The number of ketones is 1. The van der Waals surface area contributed by atoms with Gasteiger partial charge < -0.3 is 4.74 Å². The SMILES string of the molecule is Cc1nn(-c2ccc(Cl)cc2)c2sc(C(=O)OCC(=O)c3ccccc3)cc12. The number of thiophene rings is 1. The number of hydrogen-bond acceptors (Lipinski definition) is 5. The van der Waals surface area contributed by atoms with Crippen LogP contribution in [0.15, 0.2) is 60.7 Å². The van der Waals surface area contributed by atoms with Gasteiger partial charge in [-0.15, -0.1) is 11.3 Å². The molecule has 0 spiro atoms. The van der Waals surface area contributed by atoms with E-state index >= 15 is 0 Å². The highest BCUT2D eigenvalue weighted by atomic mass is 35.5. The number of Topliss-reactive ketones (excluding diaryl/α,β-unsaturated/α-hetero) is 1. The lowest BCUT2D eigenvalue weighted by Gasteiger charge is -2.03. The van der Waals surface area contributed by atoms with Crippen molar-refractivity contribution in [3.63, 3.8) is 0 Å². The van der Waals surface area contributed by atoms with Crippen LogP contribution in [-0.2, 0) is 4.74 Å². The second kappa shape index (κ2) is 7.58. The lowest BCUT2D eigenvalue weighted by molar-refractivity contribution is 0.0479. The zero-order chi connectivity index (χ0) is 19.7. The van der Waals surface area contributed by atoms with Gasteiger partial charge in [-0.2, -0.15) is 5.10 Å². The van der Waals surface area contributed by atoms with Gasteiger partial charge >= 0.3 is 5.97 Å². The molecule has 4 rings (SSSR count). The summed E-state index contributed by atoms with van der Waals surface area (Å²) in [5.41, 5.74) is 2.17. The molecule has 0 radical (unpaired) electrons. The third-order valence-electron chi connectivity index (χ3n) is 4.25. The summed E-state index contributed by atoms with van der Waals surface area (Å²) in [5.74, 6) is -0.758. The quantitative estimate of drug-likeness (QED) is 0.339. The zero-order valence-corrected chi connectivity index (χ0v) is 16.5. The largest absolute Gasteiger partial charge is 0.453 e. The van der Waals surface area contributed by atoms with E-state index in [2.05, 4.69) is 5.10 Å². The van der Waals surface area contributed by atoms with E-state index < -0.39 is 5.97 Å². The number of esters is 1. The molecule has 2 aromatic carbocycles. The number of carbonyl (C=O) groups excluding carboxylic acids is 2. The van der Waals surface area contributed by atoms with Crippen LogP contribution in [0.25, 0.3) is 15.9 Å². The molecule has 7 heteroatoms. The van der Waals surface area contributed by atoms with Gasteiger partial charge in [0.15, 0.2) is 12.4 Å². The average molecular weight is 411 g/mol. The number of fused-ring (bicyclic) bond motifs is 1. The Balaban J connectivity index is 1.56. The standard InChI is InChI=1S/C21H15ClN2O3S/c1-13-17-11-19(21(26)27-12-18(25)14-5-3-2-4-6-14)28-20(17)24(23-13)16-9-7-15(22)8-10-16/h2-11H,12H2,1H3. The molecule has 0 unspecified atom stereocenters. The average Bonchev–Trinajstić information content (AvgIpc) is 3.28. The number of nitrogens with zero attached hydrogens (tertiary/aromatic N) is 2. The molecule has 28 heavy (non-hydrogen) atoms. The van der Waals surface area contributed by atoms with Crippen molar-refractivity contribution in [2.75, 3.05) is 6.61 Å². The molecule has 4 aromatic rings. The molecule has 2 aromatic heterocycles. The predicted octanol–water partition coefficient (Wildman–Crippen LogP) is 5.09. The van der Waals surface area contributed by atoms with E-state index in [4.69, 9.17) is 16.3 Å². The lowest BCUT2D eigenvalue weighted by atomic mass is 10.1. The summed E-state index contributed by atoms with van der Waals surface area (Å²) in [6.45, 7) is 1.59. The summed E-state index contributed by atoms with van der Waals surface area (Å²) in [5, 5.41) is 6.06. The summed E-state index contributed by atoms with van der Waals surface area (Å²) >= 11 is 7.24. The number of carbonyl (C=O) groups is 2. The molecule has 2 heterocycles. The number of ether oxygens (including phenoxy) is 1. The van der Waals surface area contributed by atoms with Crippen LogP contribution in [-0.4, -0.2) is 28.1 Å². The Morgan fingerprint density at radius 3 is 2.54 bits per heavy atom. The van der Waals surface area contributed by atoms with E-state index in [0.717, 1.165) is 21.6 Å². The maximum absolute atomic E-state index is 12.4. The topological polar surface area (TPSA) is 61.2 Å². The van der Waals surface area contributed by atoms with E-state index in [9.17, 15) is 9.59 Å². The van der Waals surface area contributed by atoms with E-state index in [1.807, 2.05) is 25.1 Å². The number of rotatable bonds is 5. The maximum Gasteiger partial charge on any atom is 0.348 e. The van der Waals surface area contributed by atoms with E-state index in [1.165, 1.54) is 11.3 Å². The second-order valence-corrected chi connectivity index (χ2v) is 7.64. The van der Waals surface area contributed by atoms with Gasteiger partial charge in [0, 0.05) is 16.0 Å². The molecular formula is C21H15ClN2O3S. The Hall–Kier alpha value is -2.96. The Kier molecular flexibility index (Phi) is 4.98. The molecule has 0 N–H and O–H groups in total. The van der Waals surface area contributed by atoms with Crippen molar-refractivity contribution in [2.45, 2.75) is 6.92 Å². The Morgan fingerprint density at radius 1 is 1.11 bits per heavy atom. The van der Waals surface area contributed by atoms with Crippen molar-refractivity contribution in [1.29, 1.82) is 0 Å². The van der Waals surface area contributed by atoms with Crippen LogP contribution in [0.5, 0.6) is 0 Å². The van der Waals surface area contributed by atoms with E-state index in [1.54, 1.807) is 47.1 Å². The zero-order valence-electron chi connectivity index (χ0n) is 14.9. The Labute approximate surface area is 170 Å². The Bertz CT molecular complexity index is 1160. The molecule has 0 aliphatic heterocycles. The van der Waals surface area contributed by atoms with Gasteiger partial charge in [0.2, 0.25) is 0 Å². The molecule has 0 aliphatic rings. The van der Waals surface area contributed by atoms with Gasteiger partial charge in [-0.25, -0.2) is 9.48 Å². The monoisotopic (exact) mass is 410 g/mol. The van der Waals surface area contributed by atoms with Crippen molar-refractivity contribution in [2.24, 2.45) is 0 Å². The number of benzene rings is 2. The predicted molar refractivity (Wildman–Crippen MR) is 110 cm³/mol. The van der Waals surface area contributed by atoms with Crippen LogP contribution in [0.1, 0.15) is 25.7 Å². The van der Waals surface area contributed by atoms with Crippen LogP contribution < -0.4 is 0 Å². The molecule has 0 aliphatic carbocycles. The summed E-state index contributed by atoms with van der Waals surface area (Å²) in [7, 11) is 0. The smallest absolute Gasteiger partial charge is 0.348 e. The molecule has 0 atom stereocenters. The van der Waals surface area contributed by atoms with Gasteiger partial charge in [-0.3, -0.25) is 4.79 Å². The van der Waals surface area contributed by atoms with Crippen LogP contribution in [0, 0.1) is 6.92 Å². The third-order valence-corrected chi connectivity index (χ3v) is 5.59. The number of aryl methyl sites for hydroxylation is 1. The molecule has 0 fully saturated rings. The number of aromatic nitrogens is 2. The van der Waals surface area contributed by atoms with Crippen LogP contribution in [0.2, 0.25) is 5.02 Å². The minimum atomic E-state index is -0.521. The fraction of sp³-hybridized carbons (Fsp3) is 0.0952. The van der Waals surface area contributed by atoms with Crippen LogP contribution >= 0.6 is 22.9 Å². The first-order chi connectivity index (χ1) is 13.5. The molecule has 5 nitrogen and oxygen atoms in total. The van der Waals surface area contributed by atoms with Gasteiger partial charge in [0.25, 0.3) is 0 Å². The number of hydrogen-bond donors (Lipinski definition) is 0. The highest BCUT2D eigenvalue weighted by Crippen LogP contribution is 2.31. The summed E-state index contributed by atoms with van der Waals surface area (Å²) in [4.78, 5) is 25.8. The first-order valence-electron chi connectivity index (χ1n) is 8.53. The molecule has 0 amide bonds. The second-order valence-electron chi connectivity index (χ2n) is 6.17. The summed E-state index contributed by atoms with van der Waals surface area (Å²) in [6.07, 6.45) is 0. The molecule has 140 valence electrons. The van der Waals surface area contributed by atoms with E-state index in [-0.39, 0.29) is 12.4 Å². The number of halogens is 1. The fourth-order valence-corrected chi connectivity index (χ4v) is 4.02. The van der Waals surface area contributed by atoms with Gasteiger partial charge in [-0.1, -0.05) is 41.9 Å². The van der Waals surface area contributed by atoms with Gasteiger partial charge in [-0.05, 0) is 37.3 Å². The normalized spacial score (nSPS) is 10.9. The van der Waals surface area contributed by atoms with E-state index in [0.29, 0.717) is 15.5 Å². The van der Waals surface area contributed by atoms with Crippen molar-refractivity contribution < 1.29 is 14.3 Å². The van der Waals surface area contributed by atoms with Crippen LogP contribution in [0.3, 0.4) is 0 Å². The van der Waals surface area contributed by atoms with Gasteiger partial charge in [0.05, 0.1) is 11.4 Å². The molecular weight excluding hydrogens is 396 g/mol. The highest BCUT2D eigenvalue weighted by molar-refractivity contribution is 7.20. The van der Waals surface area contributed by atoms with Crippen molar-refractivity contribution in [3.05, 3.63) is 81.8 Å². The fourth-order valence-electron chi connectivity index (χ4n) is 2.81. The van der Waals surface area contributed by atoms with Crippen molar-refractivity contribution >= 4 is 44.9 Å². The van der Waals surface area contributed by atoms with Crippen LogP contribution in [0.4, 0.5) is 0 Å². The molecule has 0 saturated carbocycles. The van der Waals surface area contributed by atoms with Crippen molar-refractivity contribution in [1.82, 2.24) is 9.78 Å². The first kappa shape index (κ1) is 18.4. The minimum Gasteiger partial charge on any atom is -0.453 e. The molecule has 0 bridgehead atoms. The molecule has 0 saturated heterocycles. The maximum atomic E-state index is 12.4.